The Bertz CT molecular complexity index is 166. The average Bonchev–Trinajstić information content (AvgIpc) is 1.90. The fraction of sp³-hybridized carbons (Fsp3) is 0.200. The highest BCUT2D eigenvalue weighted by molar-refractivity contribution is 5.50. The van der Waals surface area contributed by atoms with Gasteiger partial charge in [0.2, 0.25) is 6.10 Å². The smallest absolute Gasteiger partial charge is 0.205 e. The molecule has 0 aromatic carbocycles. The quantitative estimate of drug-likeness (QED) is 0.452. The van der Waals surface area contributed by atoms with Crippen molar-refractivity contribution in [3.05, 3.63) is 12.3 Å². The lowest BCUT2D eigenvalue weighted by atomic mass is 10.4. The third kappa shape index (κ3) is 0.850. The van der Waals surface area contributed by atoms with Crippen molar-refractivity contribution in [2.75, 3.05) is 0 Å². The van der Waals surface area contributed by atoms with Gasteiger partial charge in [-0.1, -0.05) is 0 Å². The zero-order valence-electron chi connectivity index (χ0n) is 4.11. The summed E-state index contributed by atoms with van der Waals surface area (Å²) in [6.07, 6.45) is 3.94. The summed E-state index contributed by atoms with van der Waals surface area (Å²) >= 11 is 0. The lowest BCUT2D eigenvalue weighted by Gasteiger charge is -2.02. The third-order valence-corrected chi connectivity index (χ3v) is 0.742. The van der Waals surface area contributed by atoms with Crippen LogP contribution in [0.2, 0.25) is 0 Å². The van der Waals surface area contributed by atoms with E-state index in [4.69, 9.17) is 5.26 Å². The summed E-state index contributed by atoms with van der Waals surface area (Å²) < 4.78 is 4.69. The summed E-state index contributed by atoms with van der Waals surface area (Å²) in [5.41, 5.74) is 0. The molecule has 0 fully saturated rings. The van der Waals surface area contributed by atoms with Crippen LogP contribution in [0.3, 0.4) is 0 Å². The van der Waals surface area contributed by atoms with Gasteiger partial charge in [-0.2, -0.15) is 5.26 Å². The third-order valence-electron chi connectivity index (χ3n) is 0.742. The molecule has 1 heterocycles. The SMILES string of the molecule is N#CC1C=CN=CO1. The highest BCUT2D eigenvalue weighted by Crippen LogP contribution is 1.94. The van der Waals surface area contributed by atoms with Gasteiger partial charge in [0, 0.05) is 6.20 Å². The molecule has 3 heteroatoms. The Balaban J connectivity index is 2.55. The molecular weight excluding hydrogens is 104 g/mol. The molecule has 0 bridgehead atoms. The van der Waals surface area contributed by atoms with Crippen molar-refractivity contribution in [1.82, 2.24) is 0 Å². The number of nitrogens with zero attached hydrogens (tertiary/aromatic N) is 2. The molecule has 1 unspecified atom stereocenters. The van der Waals surface area contributed by atoms with E-state index in [1.165, 1.54) is 12.6 Å². The first-order valence-electron chi connectivity index (χ1n) is 2.17. The maximum absolute atomic E-state index is 8.20. The second-order valence-corrected chi connectivity index (χ2v) is 1.28. The molecule has 0 aliphatic carbocycles. The van der Waals surface area contributed by atoms with E-state index in [0.717, 1.165) is 0 Å². The van der Waals surface area contributed by atoms with E-state index in [9.17, 15) is 0 Å². The number of aliphatic imine (C=N–C) groups is 1. The van der Waals surface area contributed by atoms with Crippen molar-refractivity contribution < 1.29 is 4.74 Å². The summed E-state index contributed by atoms with van der Waals surface area (Å²) in [4.78, 5) is 3.60. The number of ether oxygens (including phenoxy) is 1. The van der Waals surface area contributed by atoms with Gasteiger partial charge in [0.15, 0.2) is 6.40 Å². The molecule has 0 saturated carbocycles. The molecule has 0 spiro atoms. The minimum atomic E-state index is -0.438. The number of rotatable bonds is 0. The van der Waals surface area contributed by atoms with E-state index >= 15 is 0 Å². The van der Waals surface area contributed by atoms with Crippen LogP contribution in [0.1, 0.15) is 0 Å². The zero-order chi connectivity index (χ0) is 5.82. The molecule has 3 nitrogen and oxygen atoms in total. The first-order valence-corrected chi connectivity index (χ1v) is 2.17. The lowest BCUT2D eigenvalue weighted by Crippen LogP contribution is -2.06. The average molecular weight is 108 g/mol. The van der Waals surface area contributed by atoms with E-state index in [1.54, 1.807) is 6.08 Å². The first kappa shape index (κ1) is 4.85. The van der Waals surface area contributed by atoms with E-state index in [1.807, 2.05) is 6.07 Å². The van der Waals surface area contributed by atoms with Crippen LogP contribution >= 0.6 is 0 Å². The molecule has 0 radical (unpaired) electrons. The van der Waals surface area contributed by atoms with Crippen LogP contribution in [0.25, 0.3) is 0 Å². The van der Waals surface area contributed by atoms with E-state index in [2.05, 4.69) is 9.73 Å². The minimum Gasteiger partial charge on any atom is -0.461 e. The molecule has 0 saturated heterocycles. The van der Waals surface area contributed by atoms with Crippen LogP contribution in [0, 0.1) is 11.3 Å². The largest absolute Gasteiger partial charge is 0.461 e. The van der Waals surface area contributed by atoms with Gasteiger partial charge in [0.05, 0.1) is 0 Å². The van der Waals surface area contributed by atoms with Crippen molar-refractivity contribution in [3.8, 4) is 6.07 Å². The summed E-state index contributed by atoms with van der Waals surface area (Å²) in [7, 11) is 0. The molecule has 1 aliphatic rings. The van der Waals surface area contributed by atoms with Gasteiger partial charge in [-0.15, -0.1) is 0 Å². The van der Waals surface area contributed by atoms with Crippen molar-refractivity contribution >= 4 is 6.40 Å². The van der Waals surface area contributed by atoms with Crippen LogP contribution in [0.4, 0.5) is 0 Å². The molecule has 0 amide bonds. The van der Waals surface area contributed by atoms with Crippen molar-refractivity contribution in [3.63, 3.8) is 0 Å². The van der Waals surface area contributed by atoms with E-state index in [-0.39, 0.29) is 0 Å². The van der Waals surface area contributed by atoms with E-state index < -0.39 is 6.10 Å². The predicted molar refractivity (Wildman–Crippen MR) is 28.1 cm³/mol. The molecular formula is C5H4N2O. The molecule has 0 aromatic heterocycles. The summed E-state index contributed by atoms with van der Waals surface area (Å²) in [5, 5.41) is 8.20. The molecule has 0 aromatic rings. The van der Waals surface area contributed by atoms with Crippen molar-refractivity contribution in [2.24, 2.45) is 4.99 Å². The lowest BCUT2D eigenvalue weighted by molar-refractivity contribution is 0.299. The fourth-order valence-corrected chi connectivity index (χ4v) is 0.383. The van der Waals surface area contributed by atoms with Gasteiger partial charge in [0.25, 0.3) is 0 Å². The Labute approximate surface area is 46.9 Å². The summed E-state index contributed by atoms with van der Waals surface area (Å²) in [6.45, 7) is 0. The number of hydrogen-bond donors (Lipinski definition) is 0. The van der Waals surface area contributed by atoms with Gasteiger partial charge < -0.3 is 4.74 Å². The summed E-state index contributed by atoms with van der Waals surface area (Å²) in [5.74, 6) is 0. The van der Waals surface area contributed by atoms with Gasteiger partial charge in [0.1, 0.15) is 6.07 Å². The second kappa shape index (κ2) is 2.12. The highest BCUT2D eigenvalue weighted by Gasteiger charge is 2.00. The zero-order valence-corrected chi connectivity index (χ0v) is 4.11. The minimum absolute atomic E-state index is 0.438. The number of hydrogen-bond acceptors (Lipinski definition) is 3. The monoisotopic (exact) mass is 108 g/mol. The van der Waals surface area contributed by atoms with Crippen molar-refractivity contribution in [1.29, 1.82) is 5.26 Å². The van der Waals surface area contributed by atoms with Gasteiger partial charge in [-0.25, -0.2) is 4.99 Å². The van der Waals surface area contributed by atoms with Crippen LogP contribution in [-0.4, -0.2) is 12.5 Å². The fourth-order valence-electron chi connectivity index (χ4n) is 0.383. The van der Waals surface area contributed by atoms with Crippen molar-refractivity contribution in [2.45, 2.75) is 6.10 Å². The van der Waals surface area contributed by atoms with Crippen LogP contribution in [-0.2, 0) is 4.74 Å². The highest BCUT2D eigenvalue weighted by atomic mass is 16.5. The number of nitriles is 1. The Morgan fingerprint density at radius 2 is 2.62 bits per heavy atom. The molecule has 1 rings (SSSR count). The van der Waals surface area contributed by atoms with Gasteiger partial charge >= 0.3 is 0 Å². The van der Waals surface area contributed by atoms with Gasteiger partial charge in [-0.3, -0.25) is 0 Å². The Kier molecular flexibility index (Phi) is 1.29. The molecule has 8 heavy (non-hydrogen) atoms. The molecule has 1 aliphatic heterocycles. The maximum atomic E-state index is 8.20. The van der Waals surface area contributed by atoms with Crippen LogP contribution in [0.15, 0.2) is 17.3 Å². The van der Waals surface area contributed by atoms with Crippen LogP contribution in [0.5, 0.6) is 0 Å². The molecule has 1 atom stereocenters. The Morgan fingerprint density at radius 1 is 1.75 bits per heavy atom. The Hall–Kier alpha value is -1.30. The standard InChI is InChI=1S/C5H4N2O/c6-3-5-1-2-7-4-8-5/h1-2,4-5H. The van der Waals surface area contributed by atoms with Crippen LogP contribution < -0.4 is 0 Å². The molecule has 40 valence electrons. The maximum Gasteiger partial charge on any atom is 0.205 e. The topological polar surface area (TPSA) is 45.4 Å². The normalized spacial score (nSPS) is 24.1. The second-order valence-electron chi connectivity index (χ2n) is 1.28. The van der Waals surface area contributed by atoms with Gasteiger partial charge in [-0.05, 0) is 6.08 Å². The molecule has 0 N–H and O–H groups in total. The van der Waals surface area contributed by atoms with E-state index in [0.29, 0.717) is 0 Å². The first-order chi connectivity index (χ1) is 3.93. The Morgan fingerprint density at radius 3 is 3.00 bits per heavy atom. The summed E-state index contributed by atoms with van der Waals surface area (Å²) in [6, 6.07) is 1.90. The predicted octanol–water partition coefficient (Wildman–Crippen LogP) is 0.451.